The molecule has 1 fully saturated rings. The van der Waals surface area contributed by atoms with Gasteiger partial charge in [-0.05, 0) is 58.9 Å². The first-order chi connectivity index (χ1) is 9.35. The van der Waals surface area contributed by atoms with Gasteiger partial charge in [0.25, 0.3) is 0 Å². The molecule has 112 valence electrons. The van der Waals surface area contributed by atoms with Crippen LogP contribution >= 0.6 is 27.3 Å². The van der Waals surface area contributed by atoms with E-state index in [9.17, 15) is 13.2 Å². The van der Waals surface area contributed by atoms with Gasteiger partial charge in [0.2, 0.25) is 5.91 Å². The van der Waals surface area contributed by atoms with Crippen LogP contribution in [0, 0.1) is 0 Å². The summed E-state index contributed by atoms with van der Waals surface area (Å²) < 4.78 is 23.8. The van der Waals surface area contributed by atoms with Crippen molar-refractivity contribution in [1.29, 1.82) is 0 Å². The number of amides is 1. The van der Waals surface area contributed by atoms with Gasteiger partial charge in [0.15, 0.2) is 14.6 Å². The van der Waals surface area contributed by atoms with Gasteiger partial charge in [-0.15, -0.1) is 11.3 Å². The van der Waals surface area contributed by atoms with E-state index in [2.05, 4.69) is 26.6 Å². The number of nitrogens with one attached hydrogen (secondary N) is 2. The number of carbonyl (C=O) groups excluding carboxylic acids is 1. The molecule has 2 N–H and O–H groups in total. The van der Waals surface area contributed by atoms with E-state index >= 15 is 0 Å². The van der Waals surface area contributed by atoms with Gasteiger partial charge in [-0.1, -0.05) is 0 Å². The van der Waals surface area contributed by atoms with Gasteiger partial charge in [-0.2, -0.15) is 0 Å². The predicted octanol–water partition coefficient (Wildman–Crippen LogP) is 1.29. The average Bonchev–Trinajstić information content (AvgIpc) is 2.81. The monoisotopic (exact) mass is 380 g/mol. The van der Waals surface area contributed by atoms with Crippen molar-refractivity contribution in [2.45, 2.75) is 24.1 Å². The molecule has 0 aliphatic carbocycles. The SMILES string of the molecule is CS(=O)(=O)C1(C(=O)NCc2csc(Br)c2)CCNCC1. The first-order valence-corrected chi connectivity index (χ1v) is 9.83. The molecular formula is C12H17BrN2O3S2. The number of sulfone groups is 1. The Kier molecular flexibility index (Phi) is 4.88. The molecule has 5 nitrogen and oxygen atoms in total. The fraction of sp³-hybridized carbons (Fsp3) is 0.583. The Labute approximate surface area is 131 Å². The number of hydrogen-bond acceptors (Lipinski definition) is 5. The highest BCUT2D eigenvalue weighted by atomic mass is 79.9. The first-order valence-electron chi connectivity index (χ1n) is 6.27. The first kappa shape index (κ1) is 15.9. The molecule has 1 amide bonds. The van der Waals surface area contributed by atoms with Gasteiger partial charge in [0, 0.05) is 12.8 Å². The maximum Gasteiger partial charge on any atom is 0.241 e. The molecule has 8 heteroatoms. The van der Waals surface area contributed by atoms with Crippen LogP contribution in [0.15, 0.2) is 15.2 Å². The van der Waals surface area contributed by atoms with Gasteiger partial charge in [-0.25, -0.2) is 8.42 Å². The van der Waals surface area contributed by atoms with Crippen LogP contribution < -0.4 is 10.6 Å². The van der Waals surface area contributed by atoms with Crippen LogP contribution in [-0.2, 0) is 21.2 Å². The molecule has 1 aliphatic rings. The lowest BCUT2D eigenvalue weighted by atomic mass is 9.96. The molecule has 0 saturated carbocycles. The Morgan fingerprint density at radius 2 is 2.15 bits per heavy atom. The van der Waals surface area contributed by atoms with Crippen LogP contribution in [0.4, 0.5) is 0 Å². The van der Waals surface area contributed by atoms with E-state index in [1.165, 1.54) is 11.3 Å². The molecule has 20 heavy (non-hydrogen) atoms. The molecule has 1 aliphatic heterocycles. The molecule has 0 aromatic carbocycles. The zero-order valence-electron chi connectivity index (χ0n) is 11.1. The number of halogens is 1. The summed E-state index contributed by atoms with van der Waals surface area (Å²) in [6.07, 6.45) is 1.80. The van der Waals surface area contributed by atoms with E-state index < -0.39 is 14.6 Å². The summed E-state index contributed by atoms with van der Waals surface area (Å²) in [5.41, 5.74) is 0.966. The minimum atomic E-state index is -3.44. The number of rotatable bonds is 4. The van der Waals surface area contributed by atoms with Crippen molar-refractivity contribution in [1.82, 2.24) is 10.6 Å². The van der Waals surface area contributed by atoms with Crippen molar-refractivity contribution >= 4 is 43.0 Å². The summed E-state index contributed by atoms with van der Waals surface area (Å²) in [6.45, 7) is 1.45. The van der Waals surface area contributed by atoms with E-state index in [1.807, 2.05) is 11.4 Å². The Morgan fingerprint density at radius 3 is 2.65 bits per heavy atom. The fourth-order valence-corrected chi connectivity index (χ4v) is 4.94. The Bertz CT molecular complexity index is 592. The largest absolute Gasteiger partial charge is 0.351 e. The van der Waals surface area contributed by atoms with Crippen molar-refractivity contribution in [3.05, 3.63) is 20.8 Å². The van der Waals surface area contributed by atoms with E-state index in [-0.39, 0.29) is 5.91 Å². The number of piperidine rings is 1. The topological polar surface area (TPSA) is 75.3 Å². The van der Waals surface area contributed by atoms with E-state index in [0.717, 1.165) is 15.6 Å². The Morgan fingerprint density at radius 1 is 1.50 bits per heavy atom. The minimum absolute atomic E-state index is 0.324. The van der Waals surface area contributed by atoms with Crippen LogP contribution in [0.3, 0.4) is 0 Å². The molecule has 2 rings (SSSR count). The fourth-order valence-electron chi connectivity index (χ4n) is 2.38. The number of carbonyl (C=O) groups is 1. The molecule has 0 unspecified atom stereocenters. The second-order valence-corrected chi connectivity index (χ2v) is 9.57. The van der Waals surface area contributed by atoms with Crippen LogP contribution in [-0.4, -0.2) is 38.4 Å². The van der Waals surface area contributed by atoms with Gasteiger partial charge in [-0.3, -0.25) is 4.79 Å². The van der Waals surface area contributed by atoms with Crippen molar-refractivity contribution in [2.75, 3.05) is 19.3 Å². The van der Waals surface area contributed by atoms with Crippen molar-refractivity contribution in [2.24, 2.45) is 0 Å². The zero-order valence-corrected chi connectivity index (χ0v) is 14.3. The smallest absolute Gasteiger partial charge is 0.241 e. The lowest BCUT2D eigenvalue weighted by molar-refractivity contribution is -0.124. The third kappa shape index (κ3) is 3.24. The van der Waals surface area contributed by atoms with Crippen LogP contribution in [0.1, 0.15) is 18.4 Å². The number of hydrogen-bond donors (Lipinski definition) is 2. The van der Waals surface area contributed by atoms with Crippen molar-refractivity contribution in [3.63, 3.8) is 0 Å². The maximum atomic E-state index is 12.4. The average molecular weight is 381 g/mol. The molecule has 0 atom stereocenters. The highest BCUT2D eigenvalue weighted by Crippen LogP contribution is 2.28. The highest BCUT2D eigenvalue weighted by molar-refractivity contribution is 9.11. The molecule has 1 aromatic rings. The minimum Gasteiger partial charge on any atom is -0.351 e. The van der Waals surface area contributed by atoms with Crippen LogP contribution in [0.2, 0.25) is 0 Å². The Hall–Kier alpha value is -0.440. The van der Waals surface area contributed by atoms with Crippen molar-refractivity contribution < 1.29 is 13.2 Å². The molecule has 2 heterocycles. The lowest BCUT2D eigenvalue weighted by Crippen LogP contribution is -2.57. The Balaban J connectivity index is 2.11. The summed E-state index contributed by atoms with van der Waals surface area (Å²) >= 11 is 4.89. The molecule has 1 aromatic heterocycles. The van der Waals surface area contributed by atoms with Gasteiger partial charge in [0.05, 0.1) is 3.79 Å². The molecule has 0 radical (unpaired) electrons. The van der Waals surface area contributed by atoms with E-state index in [0.29, 0.717) is 32.5 Å². The second-order valence-electron chi connectivity index (χ2n) is 4.96. The van der Waals surface area contributed by atoms with E-state index in [1.54, 1.807) is 0 Å². The zero-order chi connectivity index (χ0) is 14.8. The predicted molar refractivity (Wildman–Crippen MR) is 83.5 cm³/mol. The van der Waals surface area contributed by atoms with Crippen molar-refractivity contribution in [3.8, 4) is 0 Å². The summed E-state index contributed by atoms with van der Waals surface area (Å²) in [5, 5.41) is 7.79. The highest BCUT2D eigenvalue weighted by Gasteiger charge is 2.48. The normalized spacial score (nSPS) is 18.7. The standard InChI is InChI=1S/C12H17BrN2O3S2/c1-20(17,18)12(2-4-14-5-3-12)11(16)15-7-9-6-10(13)19-8-9/h6,8,14H,2-5,7H2,1H3,(H,15,16). The summed E-state index contributed by atoms with van der Waals surface area (Å²) in [6, 6.07) is 1.92. The molecular weight excluding hydrogens is 364 g/mol. The summed E-state index contributed by atoms with van der Waals surface area (Å²) in [4.78, 5) is 12.4. The summed E-state index contributed by atoms with van der Waals surface area (Å²) in [5.74, 6) is -0.385. The van der Waals surface area contributed by atoms with Crippen LogP contribution in [0.25, 0.3) is 0 Å². The van der Waals surface area contributed by atoms with E-state index in [4.69, 9.17) is 0 Å². The quantitative estimate of drug-likeness (QED) is 0.825. The third-order valence-electron chi connectivity index (χ3n) is 3.61. The molecule has 0 bridgehead atoms. The molecule has 1 saturated heterocycles. The van der Waals surface area contributed by atoms with Gasteiger partial charge >= 0.3 is 0 Å². The van der Waals surface area contributed by atoms with Gasteiger partial charge in [0.1, 0.15) is 0 Å². The van der Waals surface area contributed by atoms with Crippen LogP contribution in [0.5, 0.6) is 0 Å². The second kappa shape index (κ2) is 6.13. The lowest BCUT2D eigenvalue weighted by Gasteiger charge is -2.34. The molecule has 0 spiro atoms. The summed E-state index contributed by atoms with van der Waals surface area (Å²) in [7, 11) is -3.44. The third-order valence-corrected chi connectivity index (χ3v) is 7.18. The number of thiophene rings is 1. The maximum absolute atomic E-state index is 12.4. The van der Waals surface area contributed by atoms with Gasteiger partial charge < -0.3 is 10.6 Å².